The molecule has 8 heteroatoms. The standard InChI is InChI=1S/C23H17Cl2N5S/c1-2-29-20-6-4-3-5-16(20)18-11-14(7-10-21(18)29)13-26-30-22(27-28-23(30)31)17-9-8-15(24)12-19(17)25/h3-13H,2H2,1H3,(H,28,31)/b26-13+. The maximum absolute atomic E-state index is 6.36. The van der Waals surface area contributed by atoms with Gasteiger partial charge in [0.1, 0.15) is 0 Å². The minimum Gasteiger partial charge on any atom is -0.341 e. The van der Waals surface area contributed by atoms with Crippen LogP contribution in [0.4, 0.5) is 0 Å². The van der Waals surface area contributed by atoms with E-state index >= 15 is 0 Å². The van der Waals surface area contributed by atoms with Crippen LogP contribution in [0.5, 0.6) is 0 Å². The van der Waals surface area contributed by atoms with Crippen molar-refractivity contribution in [1.82, 2.24) is 19.4 Å². The average Bonchev–Trinajstić information content (AvgIpc) is 3.29. The minimum absolute atomic E-state index is 0.376. The fraction of sp³-hybridized carbons (Fsp3) is 0.0870. The van der Waals surface area contributed by atoms with Crippen molar-refractivity contribution in [3.05, 3.63) is 81.0 Å². The van der Waals surface area contributed by atoms with Gasteiger partial charge in [-0.25, -0.2) is 5.10 Å². The molecule has 0 aliphatic carbocycles. The zero-order valence-electron chi connectivity index (χ0n) is 16.5. The van der Waals surface area contributed by atoms with Gasteiger partial charge in [0, 0.05) is 38.9 Å². The molecule has 2 aromatic heterocycles. The van der Waals surface area contributed by atoms with Crippen LogP contribution in [0.3, 0.4) is 0 Å². The normalized spacial score (nSPS) is 11.8. The lowest BCUT2D eigenvalue weighted by atomic mass is 10.1. The highest BCUT2D eigenvalue weighted by Gasteiger charge is 2.13. The van der Waals surface area contributed by atoms with E-state index in [0.717, 1.165) is 12.1 Å². The van der Waals surface area contributed by atoms with Gasteiger partial charge in [-0.1, -0.05) is 47.5 Å². The molecule has 5 aromatic rings. The van der Waals surface area contributed by atoms with Crippen molar-refractivity contribution in [3.8, 4) is 11.4 Å². The first-order valence-corrected chi connectivity index (χ1v) is 10.9. The molecule has 1 N–H and O–H groups in total. The SMILES string of the molecule is CCn1c2ccccc2c2cc(/C=N/n3c(-c4ccc(Cl)cc4Cl)n[nH]c3=S)ccc21. The molecule has 0 atom stereocenters. The summed E-state index contributed by atoms with van der Waals surface area (Å²) < 4.78 is 4.25. The predicted molar refractivity (Wildman–Crippen MR) is 131 cm³/mol. The van der Waals surface area contributed by atoms with Gasteiger partial charge >= 0.3 is 0 Å². The molecule has 0 fully saturated rings. The zero-order valence-corrected chi connectivity index (χ0v) is 18.8. The van der Waals surface area contributed by atoms with Crippen LogP contribution in [-0.2, 0) is 6.54 Å². The number of para-hydroxylation sites is 1. The Kier molecular flexibility index (Phi) is 5.14. The number of hydrogen-bond acceptors (Lipinski definition) is 3. The van der Waals surface area contributed by atoms with Gasteiger partial charge in [-0.15, -0.1) is 0 Å². The first-order valence-electron chi connectivity index (χ1n) is 9.75. The Morgan fingerprint density at radius 2 is 1.84 bits per heavy atom. The van der Waals surface area contributed by atoms with Gasteiger partial charge in [0.15, 0.2) is 5.82 Å². The summed E-state index contributed by atoms with van der Waals surface area (Å²) in [7, 11) is 0. The van der Waals surface area contributed by atoms with E-state index in [0.29, 0.717) is 26.2 Å². The summed E-state index contributed by atoms with van der Waals surface area (Å²) in [5, 5.41) is 15.1. The van der Waals surface area contributed by atoms with E-state index in [1.165, 1.54) is 21.8 Å². The smallest absolute Gasteiger partial charge is 0.216 e. The molecule has 0 radical (unpaired) electrons. The minimum atomic E-state index is 0.376. The van der Waals surface area contributed by atoms with Crippen molar-refractivity contribution >= 4 is 63.4 Å². The first kappa shape index (κ1) is 20.0. The molecule has 0 spiro atoms. The third-order valence-electron chi connectivity index (χ3n) is 5.26. The molecule has 0 aliphatic rings. The average molecular weight is 466 g/mol. The second-order valence-electron chi connectivity index (χ2n) is 7.07. The number of rotatable bonds is 4. The van der Waals surface area contributed by atoms with Gasteiger partial charge in [0.05, 0.1) is 11.2 Å². The molecule has 5 nitrogen and oxygen atoms in total. The highest BCUT2D eigenvalue weighted by atomic mass is 35.5. The largest absolute Gasteiger partial charge is 0.341 e. The van der Waals surface area contributed by atoms with E-state index < -0.39 is 0 Å². The van der Waals surface area contributed by atoms with Gasteiger partial charge in [0.25, 0.3) is 0 Å². The molecule has 5 rings (SSSR count). The lowest BCUT2D eigenvalue weighted by Gasteiger charge is -2.04. The van der Waals surface area contributed by atoms with Crippen LogP contribution in [0.25, 0.3) is 33.2 Å². The van der Waals surface area contributed by atoms with E-state index in [2.05, 4.69) is 69.3 Å². The van der Waals surface area contributed by atoms with Crippen molar-refractivity contribution in [2.75, 3.05) is 0 Å². The van der Waals surface area contributed by atoms with Crippen molar-refractivity contribution in [3.63, 3.8) is 0 Å². The number of aromatic amines is 1. The van der Waals surface area contributed by atoms with Crippen molar-refractivity contribution in [2.45, 2.75) is 13.5 Å². The lowest BCUT2D eigenvalue weighted by Crippen LogP contribution is -1.96. The van der Waals surface area contributed by atoms with E-state index in [-0.39, 0.29) is 0 Å². The molecule has 0 saturated heterocycles. The summed E-state index contributed by atoms with van der Waals surface area (Å²) in [6.45, 7) is 3.07. The van der Waals surface area contributed by atoms with Crippen molar-refractivity contribution in [2.24, 2.45) is 5.10 Å². The van der Waals surface area contributed by atoms with Crippen molar-refractivity contribution in [1.29, 1.82) is 0 Å². The molecular weight excluding hydrogens is 449 g/mol. The number of aromatic nitrogens is 4. The third-order valence-corrected chi connectivity index (χ3v) is 6.07. The molecule has 0 amide bonds. The maximum Gasteiger partial charge on any atom is 0.216 e. The van der Waals surface area contributed by atoms with Gasteiger partial charge in [-0.3, -0.25) is 0 Å². The van der Waals surface area contributed by atoms with Crippen LogP contribution in [0.1, 0.15) is 12.5 Å². The Bertz CT molecular complexity index is 1530. The van der Waals surface area contributed by atoms with Crippen LogP contribution in [0.15, 0.2) is 65.8 Å². The van der Waals surface area contributed by atoms with Gasteiger partial charge in [0.2, 0.25) is 4.77 Å². The Balaban J connectivity index is 1.60. The number of nitrogens with zero attached hydrogens (tertiary/aromatic N) is 4. The summed E-state index contributed by atoms with van der Waals surface area (Å²) in [5.41, 5.74) is 4.08. The molecule has 0 unspecified atom stereocenters. The molecular formula is C23H17Cl2N5S. The summed E-state index contributed by atoms with van der Waals surface area (Å²) in [5.74, 6) is 0.520. The monoisotopic (exact) mass is 465 g/mol. The Morgan fingerprint density at radius 1 is 1.03 bits per heavy atom. The number of benzene rings is 3. The van der Waals surface area contributed by atoms with E-state index in [9.17, 15) is 0 Å². The molecule has 0 aliphatic heterocycles. The maximum atomic E-state index is 6.36. The summed E-state index contributed by atoms with van der Waals surface area (Å²) in [4.78, 5) is 0. The van der Waals surface area contributed by atoms with Crippen molar-refractivity contribution < 1.29 is 0 Å². The highest BCUT2D eigenvalue weighted by Crippen LogP contribution is 2.30. The fourth-order valence-electron chi connectivity index (χ4n) is 3.86. The lowest BCUT2D eigenvalue weighted by molar-refractivity contribution is 0.827. The van der Waals surface area contributed by atoms with Gasteiger partial charge in [-0.2, -0.15) is 14.9 Å². The van der Waals surface area contributed by atoms with E-state index in [1.54, 1.807) is 29.1 Å². The Hall–Kier alpha value is -2.93. The molecule has 2 heterocycles. The van der Waals surface area contributed by atoms with E-state index in [4.69, 9.17) is 35.4 Å². The summed E-state index contributed by atoms with van der Waals surface area (Å²) in [6.07, 6.45) is 1.77. The number of halogens is 2. The fourth-order valence-corrected chi connectivity index (χ4v) is 4.53. The van der Waals surface area contributed by atoms with Gasteiger partial charge < -0.3 is 4.57 Å². The van der Waals surface area contributed by atoms with Crippen LogP contribution in [0, 0.1) is 4.77 Å². The highest BCUT2D eigenvalue weighted by molar-refractivity contribution is 7.71. The van der Waals surface area contributed by atoms with Crippen LogP contribution in [0.2, 0.25) is 10.0 Å². The molecule has 0 saturated carbocycles. The van der Waals surface area contributed by atoms with E-state index in [1.807, 2.05) is 0 Å². The second kappa shape index (κ2) is 7.96. The molecule has 31 heavy (non-hydrogen) atoms. The van der Waals surface area contributed by atoms with Crippen LogP contribution >= 0.6 is 35.4 Å². The molecule has 0 bridgehead atoms. The van der Waals surface area contributed by atoms with Crippen LogP contribution < -0.4 is 0 Å². The number of nitrogens with one attached hydrogen (secondary N) is 1. The number of H-pyrrole nitrogens is 1. The third kappa shape index (κ3) is 3.47. The second-order valence-corrected chi connectivity index (χ2v) is 8.30. The molecule has 3 aromatic carbocycles. The molecule has 154 valence electrons. The number of hydrogen-bond donors (Lipinski definition) is 1. The Labute approximate surface area is 193 Å². The van der Waals surface area contributed by atoms with Gasteiger partial charge in [-0.05, 0) is 61.1 Å². The number of fused-ring (bicyclic) bond motifs is 3. The number of aryl methyl sites for hydroxylation is 1. The zero-order chi connectivity index (χ0) is 21.5. The summed E-state index contributed by atoms with van der Waals surface area (Å²) >= 11 is 17.8. The topological polar surface area (TPSA) is 50.9 Å². The predicted octanol–water partition coefficient (Wildman–Crippen LogP) is 6.92. The quantitative estimate of drug-likeness (QED) is 0.231. The summed E-state index contributed by atoms with van der Waals surface area (Å²) in [6, 6.07) is 20.0. The first-order chi connectivity index (χ1) is 15.1. The van der Waals surface area contributed by atoms with Crippen LogP contribution in [-0.4, -0.2) is 25.7 Å². The Morgan fingerprint density at radius 3 is 2.65 bits per heavy atom.